The molecular formula is C11H14F3NOS. The summed E-state index contributed by atoms with van der Waals surface area (Å²) < 4.78 is 38.8. The van der Waals surface area contributed by atoms with Crippen LogP contribution in [0.3, 0.4) is 0 Å². The Morgan fingerprint density at radius 1 is 1.35 bits per heavy atom. The molecule has 0 amide bonds. The van der Waals surface area contributed by atoms with Gasteiger partial charge in [0.1, 0.15) is 0 Å². The summed E-state index contributed by atoms with van der Waals surface area (Å²) in [6, 6.07) is 7.68. The highest BCUT2D eigenvalue weighted by Crippen LogP contribution is 2.21. The van der Waals surface area contributed by atoms with Crippen molar-refractivity contribution < 1.29 is 17.9 Å². The number of ether oxygens (including phenoxy) is 1. The van der Waals surface area contributed by atoms with E-state index in [0.29, 0.717) is 0 Å². The van der Waals surface area contributed by atoms with Gasteiger partial charge in [-0.15, -0.1) is 24.9 Å². The molecule has 0 saturated carbocycles. The second-order valence-electron chi connectivity index (χ2n) is 3.32. The summed E-state index contributed by atoms with van der Waals surface area (Å²) in [5, 5.41) is 3.02. The van der Waals surface area contributed by atoms with Crippen LogP contribution in [0.2, 0.25) is 0 Å². The second kappa shape index (κ2) is 6.88. The van der Waals surface area contributed by atoms with E-state index < -0.39 is 6.36 Å². The molecule has 0 atom stereocenters. The van der Waals surface area contributed by atoms with E-state index in [1.54, 1.807) is 0 Å². The molecule has 0 aliphatic carbocycles. The Hall–Kier alpha value is -0.720. The standard InChI is InChI=1S/C11H14F3NOS/c1-15-8-9-3-2-4-10(7-9)17-6-5-16-11(12,13)14/h2-4,7,15H,5-6,8H2,1H3. The zero-order valence-electron chi connectivity index (χ0n) is 9.38. The third-order valence-electron chi connectivity index (χ3n) is 1.90. The number of hydrogen-bond donors (Lipinski definition) is 1. The van der Waals surface area contributed by atoms with Gasteiger partial charge in [-0.2, -0.15) is 0 Å². The van der Waals surface area contributed by atoms with Crippen LogP contribution in [0.1, 0.15) is 5.56 Å². The molecule has 0 aliphatic rings. The topological polar surface area (TPSA) is 21.3 Å². The fourth-order valence-electron chi connectivity index (χ4n) is 1.27. The largest absolute Gasteiger partial charge is 0.522 e. The maximum Gasteiger partial charge on any atom is 0.522 e. The molecule has 0 heterocycles. The van der Waals surface area contributed by atoms with E-state index in [0.717, 1.165) is 17.0 Å². The van der Waals surface area contributed by atoms with Gasteiger partial charge in [-0.1, -0.05) is 12.1 Å². The molecule has 0 spiro atoms. The first-order valence-electron chi connectivity index (χ1n) is 5.08. The third-order valence-corrected chi connectivity index (χ3v) is 2.86. The van der Waals surface area contributed by atoms with Crippen LogP contribution in [0.4, 0.5) is 13.2 Å². The lowest BCUT2D eigenvalue weighted by Gasteiger charge is -2.07. The average Bonchev–Trinajstić information content (AvgIpc) is 2.24. The number of alkyl halides is 3. The number of thioether (sulfide) groups is 1. The van der Waals surface area contributed by atoms with Crippen LogP contribution in [-0.2, 0) is 11.3 Å². The molecule has 0 aliphatic heterocycles. The van der Waals surface area contributed by atoms with Crippen molar-refractivity contribution in [3.05, 3.63) is 29.8 Å². The Morgan fingerprint density at radius 2 is 2.12 bits per heavy atom. The monoisotopic (exact) mass is 265 g/mol. The van der Waals surface area contributed by atoms with Gasteiger partial charge in [0.05, 0.1) is 6.61 Å². The molecule has 0 aromatic heterocycles. The molecule has 0 unspecified atom stereocenters. The minimum atomic E-state index is -4.53. The van der Waals surface area contributed by atoms with Crippen molar-refractivity contribution in [3.63, 3.8) is 0 Å². The summed E-state index contributed by atoms with van der Waals surface area (Å²) in [6.07, 6.45) is -4.53. The Morgan fingerprint density at radius 3 is 2.76 bits per heavy atom. The molecule has 0 saturated heterocycles. The second-order valence-corrected chi connectivity index (χ2v) is 4.49. The number of hydrogen-bond acceptors (Lipinski definition) is 3. The minimum Gasteiger partial charge on any atom is -0.316 e. The lowest BCUT2D eigenvalue weighted by atomic mass is 10.2. The Kier molecular flexibility index (Phi) is 5.80. The molecule has 1 aromatic rings. The first-order chi connectivity index (χ1) is 8.01. The Labute approximate surface area is 103 Å². The van der Waals surface area contributed by atoms with Crippen molar-refractivity contribution in [2.45, 2.75) is 17.8 Å². The Balaban J connectivity index is 2.34. The van der Waals surface area contributed by atoms with Gasteiger partial charge in [0, 0.05) is 17.2 Å². The highest BCUT2D eigenvalue weighted by molar-refractivity contribution is 7.99. The first kappa shape index (κ1) is 14.3. The molecular weight excluding hydrogens is 251 g/mol. The quantitative estimate of drug-likeness (QED) is 0.631. The summed E-state index contributed by atoms with van der Waals surface area (Å²) >= 11 is 1.35. The predicted molar refractivity (Wildman–Crippen MR) is 61.9 cm³/mol. The lowest BCUT2D eigenvalue weighted by molar-refractivity contribution is -0.322. The number of nitrogens with one attached hydrogen (secondary N) is 1. The van der Waals surface area contributed by atoms with Crippen molar-refractivity contribution in [1.29, 1.82) is 0 Å². The fraction of sp³-hybridized carbons (Fsp3) is 0.455. The highest BCUT2D eigenvalue weighted by atomic mass is 32.2. The third kappa shape index (κ3) is 6.55. The lowest BCUT2D eigenvalue weighted by Crippen LogP contribution is -2.15. The maximum absolute atomic E-state index is 11.7. The van der Waals surface area contributed by atoms with E-state index in [2.05, 4.69) is 10.1 Å². The molecule has 2 nitrogen and oxygen atoms in total. The summed E-state index contributed by atoms with van der Waals surface area (Å²) in [6.45, 7) is 0.415. The van der Waals surface area contributed by atoms with E-state index >= 15 is 0 Å². The molecule has 6 heteroatoms. The fourth-order valence-corrected chi connectivity index (χ4v) is 2.08. The molecule has 1 N–H and O–H groups in total. The van der Waals surface area contributed by atoms with Crippen molar-refractivity contribution in [2.24, 2.45) is 0 Å². The van der Waals surface area contributed by atoms with Gasteiger partial charge in [0.2, 0.25) is 0 Å². The average molecular weight is 265 g/mol. The van der Waals surface area contributed by atoms with E-state index in [4.69, 9.17) is 0 Å². The van der Waals surface area contributed by atoms with Gasteiger partial charge in [0.25, 0.3) is 0 Å². The van der Waals surface area contributed by atoms with E-state index in [1.807, 2.05) is 31.3 Å². The minimum absolute atomic E-state index is 0.280. The van der Waals surface area contributed by atoms with Crippen molar-refractivity contribution in [2.75, 3.05) is 19.4 Å². The van der Waals surface area contributed by atoms with Crippen LogP contribution >= 0.6 is 11.8 Å². The van der Waals surface area contributed by atoms with Crippen LogP contribution in [0.25, 0.3) is 0 Å². The molecule has 96 valence electrons. The number of rotatable bonds is 6. The number of benzene rings is 1. The van der Waals surface area contributed by atoms with Crippen LogP contribution < -0.4 is 5.32 Å². The summed E-state index contributed by atoms with van der Waals surface area (Å²) in [7, 11) is 1.84. The molecule has 0 radical (unpaired) electrons. The predicted octanol–water partition coefficient (Wildman–Crippen LogP) is 3.03. The van der Waals surface area contributed by atoms with E-state index in [1.165, 1.54) is 11.8 Å². The van der Waals surface area contributed by atoms with Gasteiger partial charge in [-0.05, 0) is 24.7 Å². The maximum atomic E-state index is 11.7. The van der Waals surface area contributed by atoms with Crippen LogP contribution in [0, 0.1) is 0 Å². The summed E-state index contributed by atoms with van der Waals surface area (Å²) in [4.78, 5) is 0.948. The normalized spacial score (nSPS) is 11.8. The molecule has 17 heavy (non-hydrogen) atoms. The Bertz CT molecular complexity index is 344. The van der Waals surface area contributed by atoms with Crippen molar-refractivity contribution in [1.82, 2.24) is 5.32 Å². The van der Waals surface area contributed by atoms with Gasteiger partial charge in [0.15, 0.2) is 0 Å². The highest BCUT2D eigenvalue weighted by Gasteiger charge is 2.28. The smallest absolute Gasteiger partial charge is 0.316 e. The van der Waals surface area contributed by atoms with Gasteiger partial charge in [-0.25, -0.2) is 0 Å². The van der Waals surface area contributed by atoms with E-state index in [-0.39, 0.29) is 12.4 Å². The zero-order chi connectivity index (χ0) is 12.7. The van der Waals surface area contributed by atoms with Gasteiger partial charge >= 0.3 is 6.36 Å². The zero-order valence-corrected chi connectivity index (χ0v) is 10.2. The number of halogens is 3. The molecule has 0 bridgehead atoms. The SMILES string of the molecule is CNCc1cccc(SCCOC(F)(F)F)c1. The summed E-state index contributed by atoms with van der Waals surface area (Å²) in [5.41, 5.74) is 1.11. The molecule has 1 aromatic carbocycles. The van der Waals surface area contributed by atoms with Crippen LogP contribution in [0.15, 0.2) is 29.2 Å². The summed E-state index contributed by atoms with van der Waals surface area (Å²) in [5.74, 6) is 0.280. The van der Waals surface area contributed by atoms with Crippen molar-refractivity contribution in [3.8, 4) is 0 Å². The van der Waals surface area contributed by atoms with Gasteiger partial charge in [-0.3, -0.25) is 4.74 Å². The van der Waals surface area contributed by atoms with Crippen LogP contribution in [0.5, 0.6) is 0 Å². The first-order valence-corrected chi connectivity index (χ1v) is 6.07. The van der Waals surface area contributed by atoms with E-state index in [9.17, 15) is 13.2 Å². The van der Waals surface area contributed by atoms with Gasteiger partial charge < -0.3 is 5.32 Å². The van der Waals surface area contributed by atoms with Crippen molar-refractivity contribution >= 4 is 11.8 Å². The molecule has 1 rings (SSSR count). The van der Waals surface area contributed by atoms with Crippen LogP contribution in [-0.4, -0.2) is 25.8 Å². The molecule has 0 fully saturated rings.